The highest BCUT2D eigenvalue weighted by Crippen LogP contribution is 2.31. The molecule has 1 aromatic carbocycles. The number of thioether (sulfide) groups is 1. The smallest absolute Gasteiger partial charge is 0.387 e. The molecule has 0 spiro atoms. The first kappa shape index (κ1) is 22.1. The van der Waals surface area contributed by atoms with Crippen molar-refractivity contribution in [3.8, 4) is 5.75 Å². The number of nitrogens with one attached hydrogen (secondary N) is 1. The fraction of sp³-hybridized carbons (Fsp3) is 0.300. The van der Waals surface area contributed by atoms with Crippen molar-refractivity contribution in [2.75, 3.05) is 12.8 Å². The normalized spacial score (nSPS) is 12.2. The summed E-state index contributed by atoms with van der Waals surface area (Å²) >= 11 is 2.49. The molecule has 0 saturated carbocycles. The minimum atomic E-state index is -2.93. The van der Waals surface area contributed by atoms with E-state index in [2.05, 4.69) is 20.0 Å². The second-order valence-corrected chi connectivity index (χ2v) is 8.46. The van der Waals surface area contributed by atoms with Crippen molar-refractivity contribution >= 4 is 45.7 Å². The van der Waals surface area contributed by atoms with E-state index in [0.29, 0.717) is 26.6 Å². The van der Waals surface area contributed by atoms with E-state index >= 15 is 0 Å². The molecule has 1 unspecified atom stereocenters. The largest absolute Gasteiger partial charge is 0.435 e. The van der Waals surface area contributed by atoms with Gasteiger partial charge in [-0.3, -0.25) is 9.59 Å². The minimum absolute atomic E-state index is 0.00390. The highest BCUT2D eigenvalue weighted by molar-refractivity contribution is 8.00. The zero-order chi connectivity index (χ0) is 21.8. The summed E-state index contributed by atoms with van der Waals surface area (Å²) in [5.74, 6) is 0.0671. The van der Waals surface area contributed by atoms with E-state index in [0.717, 1.165) is 4.88 Å². The van der Waals surface area contributed by atoms with Crippen LogP contribution in [0.3, 0.4) is 0 Å². The fourth-order valence-corrected chi connectivity index (χ4v) is 4.79. The number of ketones is 1. The van der Waals surface area contributed by atoms with E-state index in [1.54, 1.807) is 39.1 Å². The first-order valence-corrected chi connectivity index (χ1v) is 10.8. The van der Waals surface area contributed by atoms with Gasteiger partial charge >= 0.3 is 6.61 Å². The molecule has 30 heavy (non-hydrogen) atoms. The standard InChI is InChI=1S/C20H19F2N3O3S2/c1-10(18(27)23-3)16-6-7-17(30-16)15(26)9-29-19-13-8-12(28-20(21)22)4-5-14(13)24-11(2)25-19/h4-8,10,20H,9H2,1-3H3,(H,23,27). The van der Waals surface area contributed by atoms with Crippen molar-refractivity contribution in [1.82, 2.24) is 15.3 Å². The second-order valence-electron chi connectivity index (χ2n) is 6.38. The Kier molecular flexibility index (Phi) is 6.99. The Hall–Kier alpha value is -2.59. The maximum atomic E-state index is 12.6. The van der Waals surface area contributed by atoms with Crippen LogP contribution < -0.4 is 10.1 Å². The van der Waals surface area contributed by atoms with Gasteiger partial charge in [0, 0.05) is 17.3 Å². The lowest BCUT2D eigenvalue weighted by atomic mass is 10.1. The van der Waals surface area contributed by atoms with Crippen LogP contribution in [0.1, 0.15) is 33.2 Å². The summed E-state index contributed by atoms with van der Waals surface area (Å²) in [4.78, 5) is 34.5. The minimum Gasteiger partial charge on any atom is -0.435 e. The number of thiophene rings is 1. The molecule has 6 nitrogen and oxygen atoms in total. The van der Waals surface area contributed by atoms with Crippen LogP contribution in [-0.4, -0.2) is 41.1 Å². The van der Waals surface area contributed by atoms with Gasteiger partial charge in [-0.1, -0.05) is 11.8 Å². The van der Waals surface area contributed by atoms with Gasteiger partial charge in [0.15, 0.2) is 5.78 Å². The molecule has 158 valence electrons. The Balaban J connectivity index is 1.78. The number of ether oxygens (including phenoxy) is 1. The third-order valence-corrected chi connectivity index (χ3v) is 6.58. The van der Waals surface area contributed by atoms with Crippen LogP contribution in [-0.2, 0) is 4.79 Å². The molecule has 0 fully saturated rings. The second kappa shape index (κ2) is 9.48. The molecule has 0 aliphatic heterocycles. The molecule has 0 bridgehead atoms. The molecule has 0 saturated heterocycles. The van der Waals surface area contributed by atoms with Crippen LogP contribution in [0.25, 0.3) is 10.9 Å². The number of benzene rings is 1. The quantitative estimate of drug-likeness (QED) is 0.310. The molecule has 2 aromatic heterocycles. The van der Waals surface area contributed by atoms with Crippen LogP contribution in [0.5, 0.6) is 5.75 Å². The zero-order valence-corrected chi connectivity index (χ0v) is 18.1. The average Bonchev–Trinajstić information content (AvgIpc) is 3.20. The van der Waals surface area contributed by atoms with Gasteiger partial charge in [-0.05, 0) is 44.2 Å². The van der Waals surface area contributed by atoms with E-state index < -0.39 is 6.61 Å². The molecular weight excluding hydrogens is 432 g/mol. The molecule has 1 N–H and O–H groups in total. The molecule has 1 atom stereocenters. The molecule has 0 radical (unpaired) electrons. The van der Waals surface area contributed by atoms with E-state index in [1.165, 1.54) is 35.2 Å². The summed E-state index contributed by atoms with van der Waals surface area (Å²) < 4.78 is 29.5. The monoisotopic (exact) mass is 451 g/mol. The third kappa shape index (κ3) is 5.11. The van der Waals surface area contributed by atoms with Crippen LogP contribution in [0.15, 0.2) is 35.4 Å². The van der Waals surface area contributed by atoms with E-state index in [1.807, 2.05) is 0 Å². The predicted octanol–water partition coefficient (Wildman–Crippen LogP) is 4.43. The lowest BCUT2D eigenvalue weighted by Gasteiger charge is -2.09. The highest BCUT2D eigenvalue weighted by atomic mass is 32.2. The zero-order valence-electron chi connectivity index (χ0n) is 16.4. The van der Waals surface area contributed by atoms with Gasteiger partial charge in [0.1, 0.15) is 16.6 Å². The van der Waals surface area contributed by atoms with Gasteiger partial charge in [-0.25, -0.2) is 9.97 Å². The highest BCUT2D eigenvalue weighted by Gasteiger charge is 2.19. The molecule has 1 amide bonds. The Morgan fingerprint density at radius 2 is 2.00 bits per heavy atom. The first-order valence-electron chi connectivity index (χ1n) is 8.99. The Bertz CT molecular complexity index is 1090. The molecular formula is C20H19F2N3O3S2. The average molecular weight is 452 g/mol. The van der Waals surface area contributed by atoms with Crippen molar-refractivity contribution < 1.29 is 23.1 Å². The molecule has 0 aliphatic rings. The van der Waals surface area contributed by atoms with Crippen molar-refractivity contribution in [3.05, 3.63) is 45.9 Å². The van der Waals surface area contributed by atoms with Crippen molar-refractivity contribution in [2.45, 2.75) is 31.4 Å². The van der Waals surface area contributed by atoms with Crippen LogP contribution in [0.2, 0.25) is 0 Å². The van der Waals surface area contributed by atoms with Gasteiger partial charge in [-0.2, -0.15) is 8.78 Å². The summed E-state index contributed by atoms with van der Waals surface area (Å²) in [5.41, 5.74) is 0.580. The van der Waals surface area contributed by atoms with Gasteiger partial charge in [0.05, 0.1) is 22.1 Å². The molecule has 3 rings (SSSR count). The Morgan fingerprint density at radius 1 is 1.23 bits per heavy atom. The number of carbonyl (C=O) groups excluding carboxylic acids is 2. The van der Waals surface area contributed by atoms with Gasteiger partial charge in [-0.15, -0.1) is 11.3 Å². The number of aromatic nitrogens is 2. The number of fused-ring (bicyclic) bond motifs is 1. The lowest BCUT2D eigenvalue weighted by Crippen LogP contribution is -2.23. The topological polar surface area (TPSA) is 81.2 Å². The van der Waals surface area contributed by atoms with Crippen molar-refractivity contribution in [1.29, 1.82) is 0 Å². The van der Waals surface area contributed by atoms with E-state index in [9.17, 15) is 18.4 Å². The van der Waals surface area contributed by atoms with Crippen LogP contribution in [0.4, 0.5) is 8.78 Å². The number of alkyl halides is 2. The number of rotatable bonds is 8. The lowest BCUT2D eigenvalue weighted by molar-refractivity contribution is -0.121. The van der Waals surface area contributed by atoms with Gasteiger partial charge in [0.2, 0.25) is 5.91 Å². The first-order chi connectivity index (χ1) is 14.3. The number of amides is 1. The van der Waals surface area contributed by atoms with Gasteiger partial charge < -0.3 is 10.1 Å². The van der Waals surface area contributed by atoms with Crippen molar-refractivity contribution in [3.63, 3.8) is 0 Å². The Labute approximate surface area is 180 Å². The summed E-state index contributed by atoms with van der Waals surface area (Å²) in [5, 5.41) is 3.65. The maximum absolute atomic E-state index is 12.6. The number of nitrogens with zero attached hydrogens (tertiary/aromatic N) is 2. The molecule has 0 aliphatic carbocycles. The summed E-state index contributed by atoms with van der Waals surface area (Å²) in [6, 6.07) is 7.93. The van der Waals surface area contributed by atoms with E-state index in [4.69, 9.17) is 0 Å². The summed E-state index contributed by atoms with van der Waals surface area (Å²) in [6.07, 6.45) is 0. The molecule has 10 heteroatoms. The maximum Gasteiger partial charge on any atom is 0.387 e. The number of halogens is 2. The van der Waals surface area contributed by atoms with Crippen LogP contribution >= 0.6 is 23.1 Å². The number of hydrogen-bond acceptors (Lipinski definition) is 7. The van der Waals surface area contributed by atoms with Crippen molar-refractivity contribution in [2.24, 2.45) is 0 Å². The summed E-state index contributed by atoms with van der Waals surface area (Å²) in [7, 11) is 1.57. The van der Waals surface area contributed by atoms with Crippen LogP contribution in [0, 0.1) is 6.92 Å². The number of carbonyl (C=O) groups is 2. The SMILES string of the molecule is CNC(=O)C(C)c1ccc(C(=O)CSc2nc(C)nc3ccc(OC(F)F)cc23)s1. The number of aryl methyl sites for hydroxylation is 1. The number of likely N-dealkylation sites (N-methyl/N-ethyl adjacent to an activating group) is 1. The molecule has 3 aromatic rings. The van der Waals surface area contributed by atoms with E-state index in [-0.39, 0.29) is 29.1 Å². The molecule has 2 heterocycles. The summed E-state index contributed by atoms with van der Waals surface area (Å²) in [6.45, 7) is 0.569. The third-order valence-electron chi connectivity index (χ3n) is 4.28. The van der Waals surface area contributed by atoms with Gasteiger partial charge in [0.25, 0.3) is 0 Å². The fourth-order valence-electron chi connectivity index (χ4n) is 2.76. The number of Topliss-reactive ketones (excluding diaryl/α,β-unsaturated/α-hetero) is 1. The number of hydrogen-bond donors (Lipinski definition) is 1. The predicted molar refractivity (Wildman–Crippen MR) is 113 cm³/mol. The Morgan fingerprint density at radius 3 is 2.70 bits per heavy atom.